The van der Waals surface area contributed by atoms with Crippen molar-refractivity contribution in [1.82, 2.24) is 9.97 Å². The van der Waals surface area contributed by atoms with E-state index in [1.807, 2.05) is 6.92 Å². The largest absolute Gasteiger partial charge is 0.481 e. The van der Waals surface area contributed by atoms with E-state index in [1.165, 1.54) is 0 Å². The molecule has 5 nitrogen and oxygen atoms in total. The van der Waals surface area contributed by atoms with Gasteiger partial charge in [-0.05, 0) is 13.3 Å². The van der Waals surface area contributed by atoms with Crippen LogP contribution in [0.2, 0.25) is 0 Å². The maximum absolute atomic E-state index is 10.3. The smallest absolute Gasteiger partial charge is 0.306 e. The first-order valence-corrected chi connectivity index (χ1v) is 4.81. The molecule has 0 aromatic carbocycles. The zero-order valence-corrected chi connectivity index (χ0v) is 8.86. The molecule has 5 heteroatoms. The van der Waals surface area contributed by atoms with Crippen molar-refractivity contribution in [2.45, 2.75) is 26.7 Å². The number of aryl methyl sites for hydroxylation is 2. The monoisotopic (exact) mass is 210 g/mol. The number of ether oxygens (including phenoxy) is 1. The molecule has 82 valence electrons. The van der Waals surface area contributed by atoms with Gasteiger partial charge in [0.2, 0.25) is 5.88 Å². The Balaban J connectivity index is 2.60. The minimum atomic E-state index is -0.878. The number of hydrogen-bond donors (Lipinski definition) is 1. The molecule has 0 radical (unpaired) electrons. The molecule has 1 aromatic heterocycles. The van der Waals surface area contributed by atoms with E-state index in [-0.39, 0.29) is 13.0 Å². The van der Waals surface area contributed by atoms with Crippen molar-refractivity contribution in [3.05, 3.63) is 17.6 Å². The highest BCUT2D eigenvalue weighted by Gasteiger charge is 2.03. The first-order valence-electron chi connectivity index (χ1n) is 4.81. The summed E-state index contributed by atoms with van der Waals surface area (Å²) < 4.78 is 5.21. The van der Waals surface area contributed by atoms with Gasteiger partial charge in [-0.25, -0.2) is 4.98 Å². The fourth-order valence-electron chi connectivity index (χ4n) is 1.10. The topological polar surface area (TPSA) is 72.3 Å². The normalized spacial score (nSPS) is 10.0. The Kier molecular flexibility index (Phi) is 4.03. The van der Waals surface area contributed by atoms with E-state index in [9.17, 15) is 4.79 Å². The summed E-state index contributed by atoms with van der Waals surface area (Å²) in [7, 11) is 0. The molecule has 0 spiro atoms. The van der Waals surface area contributed by atoms with E-state index in [2.05, 4.69) is 9.97 Å². The number of aromatic nitrogens is 2. The van der Waals surface area contributed by atoms with Gasteiger partial charge in [-0.3, -0.25) is 4.79 Å². The number of carboxylic acid groups (broad SMARTS) is 1. The molecule has 0 amide bonds. The van der Waals surface area contributed by atoms with Gasteiger partial charge in [0, 0.05) is 11.8 Å². The Morgan fingerprint density at radius 1 is 1.53 bits per heavy atom. The Labute approximate surface area is 88.1 Å². The highest BCUT2D eigenvalue weighted by atomic mass is 16.5. The van der Waals surface area contributed by atoms with E-state index in [4.69, 9.17) is 9.84 Å². The van der Waals surface area contributed by atoms with E-state index in [0.717, 1.165) is 12.1 Å². The van der Waals surface area contributed by atoms with E-state index < -0.39 is 5.97 Å². The van der Waals surface area contributed by atoms with Crippen molar-refractivity contribution < 1.29 is 14.6 Å². The molecule has 0 saturated heterocycles. The summed E-state index contributed by atoms with van der Waals surface area (Å²) in [6, 6.07) is 1.73. The first kappa shape index (κ1) is 11.4. The molecule has 1 aromatic rings. The Hall–Kier alpha value is -1.65. The molecule has 0 aliphatic carbocycles. The van der Waals surface area contributed by atoms with Crippen molar-refractivity contribution in [2.75, 3.05) is 6.61 Å². The molecule has 0 unspecified atom stereocenters. The lowest BCUT2D eigenvalue weighted by atomic mass is 10.3. The summed E-state index contributed by atoms with van der Waals surface area (Å²) in [6.45, 7) is 3.90. The predicted molar refractivity (Wildman–Crippen MR) is 53.9 cm³/mol. The van der Waals surface area contributed by atoms with Gasteiger partial charge in [0.1, 0.15) is 12.4 Å². The maximum Gasteiger partial charge on any atom is 0.306 e. The Bertz CT molecular complexity index is 353. The third-order valence-electron chi connectivity index (χ3n) is 1.80. The standard InChI is InChI=1S/C10H14N2O3/c1-3-8-6-9(12-7(2)11-8)15-5-4-10(13)14/h6H,3-5H2,1-2H3,(H,13,14). The zero-order chi connectivity index (χ0) is 11.3. The summed E-state index contributed by atoms with van der Waals surface area (Å²) in [4.78, 5) is 18.5. The third kappa shape index (κ3) is 3.93. The molecule has 0 saturated carbocycles. The Morgan fingerprint density at radius 2 is 2.27 bits per heavy atom. The third-order valence-corrected chi connectivity index (χ3v) is 1.80. The number of nitrogens with zero attached hydrogens (tertiary/aromatic N) is 2. The highest BCUT2D eigenvalue weighted by Crippen LogP contribution is 2.09. The fourth-order valence-corrected chi connectivity index (χ4v) is 1.10. The molecule has 1 N–H and O–H groups in total. The minimum absolute atomic E-state index is 0.0233. The van der Waals surface area contributed by atoms with Crippen LogP contribution < -0.4 is 4.74 Å². The van der Waals surface area contributed by atoms with Crippen molar-refractivity contribution in [1.29, 1.82) is 0 Å². The summed E-state index contributed by atoms with van der Waals surface area (Å²) in [5, 5.41) is 8.43. The van der Waals surface area contributed by atoms with Crippen molar-refractivity contribution in [3.63, 3.8) is 0 Å². The van der Waals surface area contributed by atoms with Crippen LogP contribution in [0.25, 0.3) is 0 Å². The van der Waals surface area contributed by atoms with Crippen LogP contribution in [-0.2, 0) is 11.2 Å². The second-order valence-electron chi connectivity index (χ2n) is 3.09. The number of rotatable bonds is 5. The molecule has 1 heterocycles. The summed E-state index contributed by atoms with van der Waals surface area (Å²) in [5.74, 6) is 0.205. The predicted octanol–water partition coefficient (Wildman–Crippen LogP) is 1.20. The highest BCUT2D eigenvalue weighted by molar-refractivity contribution is 5.66. The number of hydrogen-bond acceptors (Lipinski definition) is 4. The molecule has 0 aliphatic heterocycles. The molecule has 1 rings (SSSR count). The lowest BCUT2D eigenvalue weighted by molar-refractivity contribution is -0.137. The van der Waals surface area contributed by atoms with Gasteiger partial charge in [0.05, 0.1) is 6.42 Å². The van der Waals surface area contributed by atoms with E-state index >= 15 is 0 Å². The number of carbonyl (C=O) groups is 1. The van der Waals surface area contributed by atoms with Crippen molar-refractivity contribution >= 4 is 5.97 Å². The average Bonchev–Trinajstić information content (AvgIpc) is 2.16. The van der Waals surface area contributed by atoms with Crippen LogP contribution in [0.1, 0.15) is 24.9 Å². The first-order chi connectivity index (χ1) is 7.11. The second-order valence-corrected chi connectivity index (χ2v) is 3.09. The SMILES string of the molecule is CCc1cc(OCCC(=O)O)nc(C)n1. The quantitative estimate of drug-likeness (QED) is 0.790. The lowest BCUT2D eigenvalue weighted by Gasteiger charge is -2.05. The molecular formula is C10H14N2O3. The van der Waals surface area contributed by atoms with E-state index in [0.29, 0.717) is 11.7 Å². The van der Waals surface area contributed by atoms with Gasteiger partial charge in [-0.1, -0.05) is 6.92 Å². The zero-order valence-electron chi connectivity index (χ0n) is 8.86. The van der Waals surface area contributed by atoms with Gasteiger partial charge in [-0.2, -0.15) is 4.98 Å². The van der Waals surface area contributed by atoms with Crippen LogP contribution in [0.15, 0.2) is 6.07 Å². The van der Waals surface area contributed by atoms with Gasteiger partial charge in [0.25, 0.3) is 0 Å². The number of carboxylic acids is 1. The van der Waals surface area contributed by atoms with Crippen LogP contribution in [0, 0.1) is 6.92 Å². The molecule has 15 heavy (non-hydrogen) atoms. The molecule has 0 atom stereocenters. The van der Waals surface area contributed by atoms with Gasteiger partial charge in [0.15, 0.2) is 0 Å². The van der Waals surface area contributed by atoms with Gasteiger partial charge >= 0.3 is 5.97 Å². The molecular weight excluding hydrogens is 196 g/mol. The summed E-state index contributed by atoms with van der Waals surface area (Å²) >= 11 is 0. The maximum atomic E-state index is 10.3. The van der Waals surface area contributed by atoms with Crippen LogP contribution >= 0.6 is 0 Å². The average molecular weight is 210 g/mol. The van der Waals surface area contributed by atoms with Gasteiger partial charge < -0.3 is 9.84 Å². The Morgan fingerprint density at radius 3 is 2.87 bits per heavy atom. The second kappa shape index (κ2) is 5.29. The lowest BCUT2D eigenvalue weighted by Crippen LogP contribution is -2.07. The molecule has 0 fully saturated rings. The van der Waals surface area contributed by atoms with Crippen molar-refractivity contribution in [3.8, 4) is 5.88 Å². The molecule has 0 aliphatic rings. The summed E-state index contributed by atoms with van der Waals surface area (Å²) in [5.41, 5.74) is 0.896. The van der Waals surface area contributed by atoms with Crippen LogP contribution in [-0.4, -0.2) is 27.7 Å². The van der Waals surface area contributed by atoms with E-state index in [1.54, 1.807) is 13.0 Å². The number of aliphatic carboxylic acids is 1. The minimum Gasteiger partial charge on any atom is -0.481 e. The fraction of sp³-hybridized carbons (Fsp3) is 0.500. The summed E-state index contributed by atoms with van der Waals surface area (Å²) in [6.07, 6.45) is 0.781. The molecule has 0 bridgehead atoms. The van der Waals surface area contributed by atoms with Crippen LogP contribution in [0.3, 0.4) is 0 Å². The van der Waals surface area contributed by atoms with Crippen LogP contribution in [0.5, 0.6) is 5.88 Å². The van der Waals surface area contributed by atoms with Gasteiger partial charge in [-0.15, -0.1) is 0 Å². The van der Waals surface area contributed by atoms with Crippen molar-refractivity contribution in [2.24, 2.45) is 0 Å². The van der Waals surface area contributed by atoms with Crippen LogP contribution in [0.4, 0.5) is 0 Å².